The van der Waals surface area contributed by atoms with Gasteiger partial charge < -0.3 is 43.7 Å². The summed E-state index contributed by atoms with van der Waals surface area (Å²) in [5.74, 6) is -2.24. The SMILES string of the molecule is COc1cc2cc(c1Cl)N(C)C(=O)C[C@H](OC(=O)C(C)N(C)C(=O)C(C)C)[C@]1(C)O[C@H]1[C@H](C)[C@@H]1C[C@@](O)(NC(=O)O1)[C@H](OC)/C=C/C=C(\C)C2O. The predicted octanol–water partition coefficient (Wildman–Crippen LogP) is 3.66. The zero-order valence-corrected chi connectivity index (χ0v) is 31.5. The van der Waals surface area contributed by atoms with Crippen molar-refractivity contribution in [2.45, 2.75) is 102 Å². The molecular formula is C36H50ClN3O11. The quantitative estimate of drug-likeness (QED) is 0.287. The number of alkyl carbamates (subject to hydrolysis) is 1. The minimum atomic E-state index is -1.89. The standard InChI is InChI=1S/C36H50ClN3O11/c1-18(2)32(43)39(7)21(5)33(44)50-27-16-28(41)40(8)23-14-22(15-24(47-9)29(23)37)30(42)19(3)12-11-13-26(48-10)36(46)17-25(49-34(45)38-36)20(4)31-35(27,6)51-31/h11-15,18,20-21,25-27,30-31,42,46H,16-17H2,1-10H3,(H,38,45)/b13-11+,19-12+/t20-,21?,25+,26-,27+,30?,31+,35+,36+/m1/s1. The fraction of sp³-hybridized carbons (Fsp3) is 0.611. The van der Waals surface area contributed by atoms with E-state index in [1.54, 1.807) is 65.0 Å². The summed E-state index contributed by atoms with van der Waals surface area (Å²) in [4.78, 5) is 55.8. The fourth-order valence-corrected chi connectivity index (χ4v) is 6.90. The number of hydrogen-bond acceptors (Lipinski definition) is 11. The molecule has 51 heavy (non-hydrogen) atoms. The average Bonchev–Trinajstić information content (AvgIpc) is 3.78. The van der Waals surface area contributed by atoms with Crippen molar-refractivity contribution in [1.29, 1.82) is 0 Å². The smallest absolute Gasteiger partial charge is 0.409 e. The number of aliphatic hydroxyl groups is 2. The lowest BCUT2D eigenvalue weighted by molar-refractivity contribution is -0.162. The maximum atomic E-state index is 14.1. The van der Waals surface area contributed by atoms with Gasteiger partial charge in [0, 0.05) is 39.5 Å². The topological polar surface area (TPSA) is 177 Å². The van der Waals surface area contributed by atoms with Crippen LogP contribution in [0.15, 0.2) is 35.9 Å². The van der Waals surface area contributed by atoms with Gasteiger partial charge in [-0.05, 0) is 44.0 Å². The Labute approximate surface area is 303 Å². The number of benzene rings is 1. The highest BCUT2D eigenvalue weighted by Crippen LogP contribution is 2.49. The van der Waals surface area contributed by atoms with Crippen molar-refractivity contribution in [3.05, 3.63) is 46.5 Å². The van der Waals surface area contributed by atoms with Gasteiger partial charge >= 0.3 is 12.1 Å². The summed E-state index contributed by atoms with van der Waals surface area (Å²) < 4.78 is 28.9. The predicted molar refractivity (Wildman–Crippen MR) is 187 cm³/mol. The first kappa shape index (κ1) is 40.1. The monoisotopic (exact) mass is 735 g/mol. The second-order valence-corrected chi connectivity index (χ2v) is 14.4. The van der Waals surface area contributed by atoms with E-state index < -0.39 is 71.8 Å². The van der Waals surface area contributed by atoms with Gasteiger partial charge in [0.25, 0.3) is 0 Å². The molecule has 2 fully saturated rings. The van der Waals surface area contributed by atoms with Crippen LogP contribution in [-0.2, 0) is 33.3 Å². The van der Waals surface area contributed by atoms with Crippen molar-refractivity contribution in [2.75, 3.05) is 33.2 Å². The van der Waals surface area contributed by atoms with E-state index in [2.05, 4.69) is 5.32 Å². The number of likely N-dealkylation sites (N-methyl/N-ethyl adjacent to an activating group) is 1. The average molecular weight is 736 g/mol. The molecule has 3 aliphatic rings. The van der Waals surface area contributed by atoms with Crippen LogP contribution >= 0.6 is 11.6 Å². The lowest BCUT2D eigenvalue weighted by atomic mass is 9.83. The van der Waals surface area contributed by atoms with E-state index in [1.165, 1.54) is 45.0 Å². The van der Waals surface area contributed by atoms with Gasteiger partial charge in [0.2, 0.25) is 11.8 Å². The number of anilines is 1. The molecule has 1 aromatic carbocycles. The lowest BCUT2D eigenvalue weighted by Gasteiger charge is -2.42. The molecule has 2 saturated heterocycles. The minimum Gasteiger partial charge on any atom is -0.495 e. The summed E-state index contributed by atoms with van der Waals surface area (Å²) in [5.41, 5.74) is -2.04. The van der Waals surface area contributed by atoms with Crippen LogP contribution in [0.1, 0.15) is 66.1 Å². The van der Waals surface area contributed by atoms with E-state index in [4.69, 9.17) is 35.3 Å². The Kier molecular flexibility index (Phi) is 12.2. The maximum Gasteiger partial charge on any atom is 0.409 e. The molecule has 14 nitrogen and oxygen atoms in total. The lowest BCUT2D eigenvalue weighted by Crippen LogP contribution is -2.63. The molecule has 0 aliphatic carbocycles. The van der Waals surface area contributed by atoms with Gasteiger partial charge in [-0.15, -0.1) is 0 Å². The molecule has 0 spiro atoms. The van der Waals surface area contributed by atoms with Crippen LogP contribution in [0, 0.1) is 11.8 Å². The van der Waals surface area contributed by atoms with E-state index in [0.717, 1.165) is 0 Å². The Morgan fingerprint density at radius 3 is 2.47 bits per heavy atom. The molecule has 4 rings (SSSR count). The van der Waals surface area contributed by atoms with Crippen LogP contribution in [0.3, 0.4) is 0 Å². The molecular weight excluding hydrogens is 686 g/mol. The van der Waals surface area contributed by atoms with E-state index in [9.17, 15) is 29.4 Å². The van der Waals surface area contributed by atoms with Crippen molar-refractivity contribution in [1.82, 2.24) is 10.2 Å². The number of epoxide rings is 1. The Morgan fingerprint density at radius 1 is 1.20 bits per heavy atom. The van der Waals surface area contributed by atoms with Crippen LogP contribution in [0.5, 0.6) is 5.75 Å². The number of ether oxygens (including phenoxy) is 5. The minimum absolute atomic E-state index is 0.0978. The number of nitrogens with one attached hydrogen (secondary N) is 1. The Hall–Kier alpha value is -3.69. The number of hydrogen-bond donors (Lipinski definition) is 3. The van der Waals surface area contributed by atoms with Crippen molar-refractivity contribution >= 4 is 41.2 Å². The molecule has 0 saturated carbocycles. The number of rotatable bonds is 6. The molecule has 3 N–H and O–H groups in total. The Morgan fingerprint density at radius 2 is 1.86 bits per heavy atom. The van der Waals surface area contributed by atoms with E-state index in [1.807, 2.05) is 0 Å². The van der Waals surface area contributed by atoms with Crippen LogP contribution in [0.4, 0.5) is 10.5 Å². The summed E-state index contributed by atoms with van der Waals surface area (Å²) in [6.07, 6.45) is -1.50. The summed E-state index contributed by atoms with van der Waals surface area (Å²) in [6.45, 7) is 10.1. The summed E-state index contributed by atoms with van der Waals surface area (Å²) in [7, 11) is 5.80. The second kappa shape index (κ2) is 15.5. The highest BCUT2D eigenvalue weighted by molar-refractivity contribution is 6.35. The number of aliphatic hydroxyl groups excluding tert-OH is 1. The molecule has 3 amide bonds. The highest BCUT2D eigenvalue weighted by atomic mass is 35.5. The number of carbonyl (C=O) groups excluding carboxylic acids is 4. The van der Waals surface area contributed by atoms with Gasteiger partial charge in [-0.1, -0.05) is 50.6 Å². The first-order valence-electron chi connectivity index (χ1n) is 16.9. The molecule has 9 atom stereocenters. The van der Waals surface area contributed by atoms with Crippen LogP contribution in [-0.4, -0.2) is 109 Å². The van der Waals surface area contributed by atoms with Gasteiger partial charge in [-0.2, -0.15) is 0 Å². The Bertz CT molecular complexity index is 1580. The van der Waals surface area contributed by atoms with E-state index in [-0.39, 0.29) is 41.1 Å². The zero-order valence-electron chi connectivity index (χ0n) is 30.8. The van der Waals surface area contributed by atoms with Crippen LogP contribution in [0.25, 0.3) is 0 Å². The van der Waals surface area contributed by atoms with Crippen molar-refractivity contribution < 1.29 is 53.1 Å². The van der Waals surface area contributed by atoms with Gasteiger partial charge in [0.05, 0.1) is 25.3 Å². The van der Waals surface area contributed by atoms with Gasteiger partial charge in [0.1, 0.15) is 46.8 Å². The van der Waals surface area contributed by atoms with Gasteiger partial charge in [-0.25, -0.2) is 9.59 Å². The third-order valence-electron chi connectivity index (χ3n) is 10.2. The van der Waals surface area contributed by atoms with Crippen molar-refractivity contribution in [2.24, 2.45) is 11.8 Å². The molecule has 0 aromatic heterocycles. The summed E-state index contributed by atoms with van der Waals surface area (Å²) in [5, 5.41) is 25.6. The summed E-state index contributed by atoms with van der Waals surface area (Å²) in [6, 6.07) is 2.13. The molecule has 3 heterocycles. The summed E-state index contributed by atoms with van der Waals surface area (Å²) >= 11 is 6.70. The number of methoxy groups -OCH3 is 2. The van der Waals surface area contributed by atoms with E-state index in [0.29, 0.717) is 11.1 Å². The molecule has 15 heteroatoms. The third kappa shape index (κ3) is 8.20. The number of nitrogens with zero attached hydrogens (tertiary/aromatic N) is 2. The van der Waals surface area contributed by atoms with Crippen LogP contribution < -0.4 is 15.0 Å². The Balaban J connectivity index is 1.81. The number of carbonyl (C=O) groups is 4. The molecule has 2 unspecified atom stereocenters. The molecule has 3 aliphatic heterocycles. The number of halogens is 1. The molecule has 0 radical (unpaired) electrons. The second-order valence-electron chi connectivity index (χ2n) is 14.1. The normalized spacial score (nSPS) is 33.5. The maximum absolute atomic E-state index is 14.1. The third-order valence-corrected chi connectivity index (χ3v) is 10.6. The number of allylic oxidation sites excluding steroid dienone is 2. The molecule has 4 bridgehead atoms. The van der Waals surface area contributed by atoms with Crippen LogP contribution in [0.2, 0.25) is 5.02 Å². The van der Waals surface area contributed by atoms with Crippen molar-refractivity contribution in [3.8, 4) is 5.75 Å². The largest absolute Gasteiger partial charge is 0.495 e. The number of amides is 3. The highest BCUT2D eigenvalue weighted by Gasteiger charge is 2.64. The molecule has 1 aromatic rings. The first-order valence-corrected chi connectivity index (χ1v) is 17.2. The van der Waals surface area contributed by atoms with Gasteiger partial charge in [-0.3, -0.25) is 14.9 Å². The first-order chi connectivity index (χ1) is 23.8. The van der Waals surface area contributed by atoms with Crippen molar-refractivity contribution in [3.63, 3.8) is 0 Å². The number of fused-ring (bicyclic) bond motifs is 5. The fourth-order valence-electron chi connectivity index (χ4n) is 6.58. The van der Waals surface area contributed by atoms with E-state index >= 15 is 0 Å². The number of esters is 1. The van der Waals surface area contributed by atoms with Gasteiger partial charge in [0.15, 0.2) is 5.72 Å². The molecule has 282 valence electrons. The zero-order chi connectivity index (χ0) is 38.2.